The van der Waals surface area contributed by atoms with Crippen molar-refractivity contribution in [2.75, 3.05) is 32.7 Å². The number of nitrogens with zero attached hydrogens (tertiary/aromatic N) is 1. The van der Waals surface area contributed by atoms with Crippen LogP contribution in [0.2, 0.25) is 0 Å². The molecule has 4 nitrogen and oxygen atoms in total. The molecule has 2 rings (SSSR count). The van der Waals surface area contributed by atoms with Crippen molar-refractivity contribution in [3.8, 4) is 0 Å². The Morgan fingerprint density at radius 2 is 1.86 bits per heavy atom. The Balaban J connectivity index is 1.96. The first kappa shape index (κ1) is 17.0. The van der Waals surface area contributed by atoms with Gasteiger partial charge in [-0.3, -0.25) is 4.79 Å². The quantitative estimate of drug-likeness (QED) is 0.881. The van der Waals surface area contributed by atoms with Crippen molar-refractivity contribution in [2.45, 2.75) is 38.6 Å². The molecule has 122 valence electrons. The van der Waals surface area contributed by atoms with Crippen LogP contribution < -0.4 is 10.6 Å². The fourth-order valence-corrected chi connectivity index (χ4v) is 2.95. The molecule has 1 saturated heterocycles. The van der Waals surface area contributed by atoms with Crippen LogP contribution in [0.15, 0.2) is 30.3 Å². The third kappa shape index (κ3) is 5.78. The topological polar surface area (TPSA) is 44.4 Å². The first-order valence-corrected chi connectivity index (χ1v) is 8.57. The highest BCUT2D eigenvalue weighted by Crippen LogP contribution is 2.16. The number of amides is 1. The second kappa shape index (κ2) is 9.59. The summed E-state index contributed by atoms with van der Waals surface area (Å²) in [6.07, 6.45) is 3.91. The molecular formula is C18H29N3O. The molecule has 1 fully saturated rings. The number of carbonyl (C=O) groups is 1. The van der Waals surface area contributed by atoms with Crippen LogP contribution in [0, 0.1) is 0 Å². The van der Waals surface area contributed by atoms with E-state index >= 15 is 0 Å². The molecule has 4 heteroatoms. The maximum Gasteiger partial charge on any atom is 0.221 e. The van der Waals surface area contributed by atoms with E-state index in [0.29, 0.717) is 6.42 Å². The zero-order valence-electron chi connectivity index (χ0n) is 13.7. The van der Waals surface area contributed by atoms with Crippen LogP contribution in [-0.2, 0) is 4.79 Å². The zero-order chi connectivity index (χ0) is 15.6. The number of carbonyl (C=O) groups excluding carboxylic acids is 1. The summed E-state index contributed by atoms with van der Waals surface area (Å²) in [4.78, 5) is 14.6. The van der Waals surface area contributed by atoms with Crippen LogP contribution >= 0.6 is 0 Å². The van der Waals surface area contributed by atoms with Crippen LogP contribution in [0.4, 0.5) is 0 Å². The van der Waals surface area contributed by atoms with Gasteiger partial charge >= 0.3 is 0 Å². The molecule has 1 heterocycles. The lowest BCUT2D eigenvalue weighted by molar-refractivity contribution is -0.121. The van der Waals surface area contributed by atoms with E-state index in [1.165, 1.54) is 12.0 Å². The minimum absolute atomic E-state index is 0.115. The highest BCUT2D eigenvalue weighted by atomic mass is 16.1. The zero-order valence-corrected chi connectivity index (χ0v) is 13.7. The highest BCUT2D eigenvalue weighted by molar-refractivity contribution is 5.76. The molecule has 2 N–H and O–H groups in total. The number of hydrogen-bond acceptors (Lipinski definition) is 3. The molecule has 0 saturated carbocycles. The fraction of sp³-hybridized carbons (Fsp3) is 0.611. The summed E-state index contributed by atoms with van der Waals surface area (Å²) in [6, 6.07) is 10.4. The lowest BCUT2D eigenvalue weighted by Gasteiger charge is -2.20. The van der Waals surface area contributed by atoms with Crippen LogP contribution in [0.5, 0.6) is 0 Å². The van der Waals surface area contributed by atoms with Gasteiger partial charge in [-0.1, -0.05) is 37.3 Å². The van der Waals surface area contributed by atoms with Gasteiger partial charge < -0.3 is 15.5 Å². The van der Waals surface area contributed by atoms with Crippen molar-refractivity contribution >= 4 is 5.91 Å². The van der Waals surface area contributed by atoms with Gasteiger partial charge in [-0.15, -0.1) is 0 Å². The minimum Gasteiger partial charge on any atom is -0.356 e. The molecule has 22 heavy (non-hydrogen) atoms. The predicted octanol–water partition coefficient (Wildman–Crippen LogP) is 2.33. The van der Waals surface area contributed by atoms with Crippen molar-refractivity contribution in [3.05, 3.63) is 35.9 Å². The van der Waals surface area contributed by atoms with E-state index < -0.39 is 0 Å². The lowest BCUT2D eigenvalue weighted by atomic mass is 10.0. The monoisotopic (exact) mass is 303 g/mol. The Kier molecular flexibility index (Phi) is 7.40. The van der Waals surface area contributed by atoms with Crippen LogP contribution in [0.3, 0.4) is 0 Å². The molecule has 1 aliphatic heterocycles. The van der Waals surface area contributed by atoms with Gasteiger partial charge in [0.15, 0.2) is 0 Å². The molecular weight excluding hydrogens is 274 g/mol. The lowest BCUT2D eigenvalue weighted by Crippen LogP contribution is -2.32. The maximum absolute atomic E-state index is 12.2. The van der Waals surface area contributed by atoms with E-state index in [1.807, 2.05) is 18.2 Å². The molecule has 0 aliphatic carbocycles. The molecule has 0 aromatic heterocycles. The second-order valence-corrected chi connectivity index (χ2v) is 5.97. The van der Waals surface area contributed by atoms with Crippen molar-refractivity contribution in [1.82, 2.24) is 15.5 Å². The van der Waals surface area contributed by atoms with E-state index in [9.17, 15) is 4.79 Å². The van der Waals surface area contributed by atoms with Gasteiger partial charge in [0.1, 0.15) is 0 Å². The van der Waals surface area contributed by atoms with E-state index in [0.717, 1.165) is 45.6 Å². The average Bonchev–Trinajstić information content (AvgIpc) is 2.57. The van der Waals surface area contributed by atoms with E-state index in [4.69, 9.17) is 0 Å². The summed E-state index contributed by atoms with van der Waals surface area (Å²) in [7, 11) is 0. The maximum atomic E-state index is 12.2. The molecule has 0 spiro atoms. The SMILES string of the molecule is CCN1CCCCNC(c2ccccc2)CC(=O)NCCC1. The average molecular weight is 303 g/mol. The van der Waals surface area contributed by atoms with Gasteiger partial charge in [0, 0.05) is 19.0 Å². The summed E-state index contributed by atoms with van der Waals surface area (Å²) in [6.45, 7) is 7.27. The number of hydrogen-bond donors (Lipinski definition) is 2. The van der Waals surface area contributed by atoms with E-state index in [-0.39, 0.29) is 11.9 Å². The predicted molar refractivity (Wildman–Crippen MR) is 90.8 cm³/mol. The first-order valence-electron chi connectivity index (χ1n) is 8.57. The molecule has 0 bridgehead atoms. The third-order valence-corrected chi connectivity index (χ3v) is 4.30. The minimum atomic E-state index is 0.115. The van der Waals surface area contributed by atoms with Crippen LogP contribution in [0.1, 0.15) is 44.2 Å². The summed E-state index contributed by atoms with van der Waals surface area (Å²) >= 11 is 0. The molecule has 0 radical (unpaired) electrons. The molecule has 1 unspecified atom stereocenters. The van der Waals surface area contributed by atoms with Gasteiger partial charge in [0.05, 0.1) is 0 Å². The third-order valence-electron chi connectivity index (χ3n) is 4.30. The summed E-state index contributed by atoms with van der Waals surface area (Å²) in [5, 5.41) is 6.62. The van der Waals surface area contributed by atoms with Crippen LogP contribution in [-0.4, -0.2) is 43.5 Å². The summed E-state index contributed by atoms with van der Waals surface area (Å²) in [5.74, 6) is 0.142. The van der Waals surface area contributed by atoms with Gasteiger partial charge in [0.2, 0.25) is 5.91 Å². The smallest absolute Gasteiger partial charge is 0.221 e. The Labute approximate surface area is 134 Å². The van der Waals surface area contributed by atoms with Crippen molar-refractivity contribution in [1.29, 1.82) is 0 Å². The fourth-order valence-electron chi connectivity index (χ4n) is 2.95. The molecule has 1 aromatic carbocycles. The molecule has 1 amide bonds. The van der Waals surface area contributed by atoms with E-state index in [2.05, 4.69) is 34.6 Å². The standard InChI is InChI=1S/C18H29N3O/c1-2-21-13-7-6-11-19-17(16-9-4-3-5-10-16)15-18(22)20-12-8-14-21/h3-5,9-10,17,19H,2,6-8,11-15H2,1H3,(H,20,22). The molecule has 1 atom stereocenters. The summed E-state index contributed by atoms with van der Waals surface area (Å²) < 4.78 is 0. The van der Waals surface area contributed by atoms with Gasteiger partial charge in [-0.25, -0.2) is 0 Å². The Hall–Kier alpha value is -1.39. The molecule has 1 aromatic rings. The first-order chi connectivity index (χ1) is 10.8. The highest BCUT2D eigenvalue weighted by Gasteiger charge is 2.15. The number of benzene rings is 1. The number of nitrogens with one attached hydrogen (secondary N) is 2. The Bertz CT molecular complexity index is 435. The van der Waals surface area contributed by atoms with Crippen molar-refractivity contribution in [3.63, 3.8) is 0 Å². The Morgan fingerprint density at radius 1 is 1.09 bits per heavy atom. The van der Waals surface area contributed by atoms with Crippen LogP contribution in [0.25, 0.3) is 0 Å². The van der Waals surface area contributed by atoms with Gasteiger partial charge in [0.25, 0.3) is 0 Å². The number of rotatable bonds is 2. The van der Waals surface area contributed by atoms with Crippen molar-refractivity contribution < 1.29 is 4.79 Å². The second-order valence-electron chi connectivity index (χ2n) is 5.97. The normalized spacial score (nSPS) is 23.0. The van der Waals surface area contributed by atoms with E-state index in [1.54, 1.807) is 0 Å². The molecule has 1 aliphatic rings. The van der Waals surface area contributed by atoms with Gasteiger partial charge in [-0.2, -0.15) is 0 Å². The van der Waals surface area contributed by atoms with Gasteiger partial charge in [-0.05, 0) is 51.0 Å². The Morgan fingerprint density at radius 3 is 2.64 bits per heavy atom. The van der Waals surface area contributed by atoms with Crippen molar-refractivity contribution in [2.24, 2.45) is 0 Å². The largest absolute Gasteiger partial charge is 0.356 e. The summed E-state index contributed by atoms with van der Waals surface area (Å²) in [5.41, 5.74) is 1.20.